The molecule has 0 saturated carbocycles. The summed E-state index contributed by atoms with van der Waals surface area (Å²) in [5.74, 6) is -0.0184. The average molecular weight is 331 g/mol. The van der Waals surface area contributed by atoms with Gasteiger partial charge in [-0.3, -0.25) is 4.79 Å². The molecule has 3 rings (SSSR count). The van der Waals surface area contributed by atoms with E-state index >= 15 is 0 Å². The molecule has 0 radical (unpaired) electrons. The van der Waals surface area contributed by atoms with Gasteiger partial charge >= 0.3 is 0 Å². The van der Waals surface area contributed by atoms with Gasteiger partial charge in [0.2, 0.25) is 0 Å². The average Bonchev–Trinajstić information content (AvgIpc) is 2.92. The van der Waals surface area contributed by atoms with E-state index in [4.69, 9.17) is 0 Å². The summed E-state index contributed by atoms with van der Waals surface area (Å²) in [6.45, 7) is 3.42. The number of hydrogen-bond donors (Lipinski definition) is 2. The van der Waals surface area contributed by atoms with Crippen LogP contribution in [0.15, 0.2) is 18.2 Å². The lowest BCUT2D eigenvalue weighted by Crippen LogP contribution is -2.46. The molecule has 1 saturated heterocycles. The highest BCUT2D eigenvalue weighted by atomic mass is 35.5. The first-order valence-electron chi connectivity index (χ1n) is 6.72. The van der Waals surface area contributed by atoms with Gasteiger partial charge in [0, 0.05) is 18.7 Å². The van der Waals surface area contributed by atoms with E-state index in [1.54, 1.807) is 13.0 Å². The van der Waals surface area contributed by atoms with Crippen molar-refractivity contribution in [3.05, 3.63) is 34.9 Å². The summed E-state index contributed by atoms with van der Waals surface area (Å²) in [6.07, 6.45) is 0.480. The standard InChI is InChI=1S/C14H18N2O3S.ClH/c1-14(4-5-20(18,19)9-14)16-13(17)10-2-3-11-7-15-8-12(11)6-10;/h2-3,6,15H,4-5,7-9H2,1H3,(H,16,17);1H. The summed E-state index contributed by atoms with van der Waals surface area (Å²) in [6, 6.07) is 5.64. The molecule has 0 aromatic heterocycles. The third-order valence-electron chi connectivity index (χ3n) is 4.02. The molecule has 0 aliphatic carbocycles. The van der Waals surface area contributed by atoms with Crippen molar-refractivity contribution in [3.63, 3.8) is 0 Å². The molecule has 1 aromatic carbocycles. The number of rotatable bonds is 2. The van der Waals surface area contributed by atoms with Crippen LogP contribution in [-0.4, -0.2) is 31.4 Å². The minimum Gasteiger partial charge on any atom is -0.346 e. The lowest BCUT2D eigenvalue weighted by atomic mass is 10.0. The summed E-state index contributed by atoms with van der Waals surface area (Å²) in [5.41, 5.74) is 2.31. The zero-order valence-corrected chi connectivity index (χ0v) is 13.4. The summed E-state index contributed by atoms with van der Waals surface area (Å²) < 4.78 is 23.1. The number of nitrogens with one attached hydrogen (secondary N) is 2. The smallest absolute Gasteiger partial charge is 0.251 e. The minimum atomic E-state index is -3.02. The highest BCUT2D eigenvalue weighted by molar-refractivity contribution is 7.91. The molecule has 0 bridgehead atoms. The fourth-order valence-electron chi connectivity index (χ4n) is 2.89. The van der Waals surface area contributed by atoms with E-state index in [1.165, 1.54) is 5.56 Å². The van der Waals surface area contributed by atoms with Crippen molar-refractivity contribution in [3.8, 4) is 0 Å². The molecule has 1 amide bonds. The molecule has 0 spiro atoms. The van der Waals surface area contributed by atoms with Crippen LogP contribution in [0.2, 0.25) is 0 Å². The number of hydrogen-bond acceptors (Lipinski definition) is 4. The molecule has 1 atom stereocenters. The number of benzene rings is 1. The highest BCUT2D eigenvalue weighted by Crippen LogP contribution is 2.24. The number of carbonyl (C=O) groups is 1. The molecule has 2 aliphatic rings. The van der Waals surface area contributed by atoms with Crippen LogP contribution in [0, 0.1) is 0 Å². The minimum absolute atomic E-state index is 0. The quantitative estimate of drug-likeness (QED) is 0.849. The lowest BCUT2D eigenvalue weighted by molar-refractivity contribution is 0.0915. The predicted octanol–water partition coefficient (Wildman–Crippen LogP) is 1.02. The molecule has 2 heterocycles. The van der Waals surface area contributed by atoms with Gasteiger partial charge in [0.25, 0.3) is 5.91 Å². The molecule has 2 N–H and O–H groups in total. The van der Waals surface area contributed by atoms with Crippen molar-refractivity contribution in [2.75, 3.05) is 11.5 Å². The van der Waals surface area contributed by atoms with Crippen LogP contribution in [-0.2, 0) is 22.9 Å². The molecular weight excluding hydrogens is 312 g/mol. The monoisotopic (exact) mass is 330 g/mol. The molecule has 1 fully saturated rings. The van der Waals surface area contributed by atoms with Gasteiger partial charge in [0.1, 0.15) is 0 Å². The van der Waals surface area contributed by atoms with Crippen molar-refractivity contribution >= 4 is 28.2 Å². The van der Waals surface area contributed by atoms with Gasteiger partial charge in [0.15, 0.2) is 9.84 Å². The van der Waals surface area contributed by atoms with Gasteiger partial charge in [0.05, 0.1) is 17.0 Å². The molecule has 7 heteroatoms. The molecule has 116 valence electrons. The van der Waals surface area contributed by atoms with E-state index in [1.807, 2.05) is 12.1 Å². The topological polar surface area (TPSA) is 75.3 Å². The normalized spacial score (nSPS) is 26.0. The summed E-state index contributed by atoms with van der Waals surface area (Å²) >= 11 is 0. The van der Waals surface area contributed by atoms with Crippen LogP contribution in [0.4, 0.5) is 0 Å². The Hall–Kier alpha value is -1.11. The first-order valence-corrected chi connectivity index (χ1v) is 8.55. The zero-order valence-electron chi connectivity index (χ0n) is 11.8. The van der Waals surface area contributed by atoms with Crippen molar-refractivity contribution in [2.24, 2.45) is 0 Å². The van der Waals surface area contributed by atoms with E-state index < -0.39 is 15.4 Å². The van der Waals surface area contributed by atoms with Crippen molar-refractivity contribution < 1.29 is 13.2 Å². The van der Waals surface area contributed by atoms with E-state index in [0.29, 0.717) is 12.0 Å². The van der Waals surface area contributed by atoms with E-state index in [9.17, 15) is 13.2 Å². The number of halogens is 1. The molecule has 1 aromatic rings. The molecule has 1 unspecified atom stereocenters. The Labute approximate surface area is 130 Å². The summed E-state index contributed by atoms with van der Waals surface area (Å²) in [7, 11) is -3.02. The van der Waals surface area contributed by atoms with E-state index in [-0.39, 0.29) is 29.8 Å². The second kappa shape index (κ2) is 5.59. The fraction of sp³-hybridized carbons (Fsp3) is 0.500. The van der Waals surface area contributed by atoms with Crippen LogP contribution >= 0.6 is 12.4 Å². The Morgan fingerprint density at radius 2 is 2.00 bits per heavy atom. The maximum Gasteiger partial charge on any atom is 0.251 e. The number of carbonyl (C=O) groups excluding carboxylic acids is 1. The summed E-state index contributed by atoms with van der Waals surface area (Å²) in [5, 5.41) is 6.11. The van der Waals surface area contributed by atoms with Crippen molar-refractivity contribution in [1.29, 1.82) is 0 Å². The van der Waals surface area contributed by atoms with Gasteiger partial charge in [-0.15, -0.1) is 12.4 Å². The van der Waals surface area contributed by atoms with E-state index in [2.05, 4.69) is 10.6 Å². The first kappa shape index (κ1) is 16.3. The Bertz CT molecular complexity index is 675. The predicted molar refractivity (Wildman–Crippen MR) is 83.4 cm³/mol. The Morgan fingerprint density at radius 3 is 2.67 bits per heavy atom. The molecule has 21 heavy (non-hydrogen) atoms. The second-order valence-electron chi connectivity index (χ2n) is 5.94. The third-order valence-corrected chi connectivity index (χ3v) is 5.92. The SMILES string of the molecule is CC1(NC(=O)c2ccc3c(c2)CNC3)CCS(=O)(=O)C1.Cl. The fourth-order valence-corrected chi connectivity index (χ4v) is 4.98. The van der Waals surface area contributed by atoms with Gasteiger partial charge in [-0.05, 0) is 36.6 Å². The highest BCUT2D eigenvalue weighted by Gasteiger charge is 2.39. The van der Waals surface area contributed by atoms with Crippen LogP contribution in [0.1, 0.15) is 34.8 Å². The summed E-state index contributed by atoms with van der Waals surface area (Å²) in [4.78, 5) is 12.3. The van der Waals surface area contributed by atoms with Crippen LogP contribution in [0.3, 0.4) is 0 Å². The Balaban J connectivity index is 0.00000161. The lowest BCUT2D eigenvalue weighted by Gasteiger charge is -2.24. The van der Waals surface area contributed by atoms with Gasteiger partial charge in [-0.1, -0.05) is 6.07 Å². The number of sulfone groups is 1. The van der Waals surface area contributed by atoms with Gasteiger partial charge < -0.3 is 10.6 Å². The Kier molecular flexibility index (Phi) is 4.33. The number of amides is 1. The maximum atomic E-state index is 12.3. The van der Waals surface area contributed by atoms with Crippen LogP contribution < -0.4 is 10.6 Å². The second-order valence-corrected chi connectivity index (χ2v) is 8.13. The van der Waals surface area contributed by atoms with Gasteiger partial charge in [-0.2, -0.15) is 0 Å². The van der Waals surface area contributed by atoms with Crippen LogP contribution in [0.5, 0.6) is 0 Å². The zero-order chi connectivity index (χ0) is 14.4. The van der Waals surface area contributed by atoms with Crippen LogP contribution in [0.25, 0.3) is 0 Å². The van der Waals surface area contributed by atoms with Gasteiger partial charge in [-0.25, -0.2) is 8.42 Å². The van der Waals surface area contributed by atoms with Crippen molar-refractivity contribution in [1.82, 2.24) is 10.6 Å². The molecule has 2 aliphatic heterocycles. The molecular formula is C14H19ClN2O3S. The third kappa shape index (κ3) is 3.39. The molecule has 5 nitrogen and oxygen atoms in total. The first-order chi connectivity index (χ1) is 9.37. The largest absolute Gasteiger partial charge is 0.346 e. The van der Waals surface area contributed by atoms with E-state index in [0.717, 1.165) is 18.7 Å². The Morgan fingerprint density at radius 1 is 1.29 bits per heavy atom. The number of fused-ring (bicyclic) bond motifs is 1. The maximum absolute atomic E-state index is 12.3. The van der Waals surface area contributed by atoms with Crippen molar-refractivity contribution in [2.45, 2.75) is 32.0 Å².